The Morgan fingerprint density at radius 1 is 1.16 bits per heavy atom. The lowest BCUT2D eigenvalue weighted by molar-refractivity contribution is 0.0972. The molecule has 0 radical (unpaired) electrons. The van der Waals surface area contributed by atoms with E-state index in [0.717, 1.165) is 30.5 Å². The quantitative estimate of drug-likeness (QED) is 0.149. The van der Waals surface area contributed by atoms with Crippen LogP contribution >= 0.6 is 11.6 Å². The van der Waals surface area contributed by atoms with Crippen molar-refractivity contribution < 1.29 is 15.0 Å². The number of hydrogen-bond donors (Lipinski definition) is 7. The summed E-state index contributed by atoms with van der Waals surface area (Å²) >= 11 is 5.76. The van der Waals surface area contributed by atoms with Gasteiger partial charge in [-0.25, -0.2) is 9.97 Å². The highest BCUT2D eigenvalue weighted by atomic mass is 35.5. The molecule has 1 aromatic carbocycles. The van der Waals surface area contributed by atoms with Crippen molar-refractivity contribution in [3.8, 4) is 0 Å². The smallest absolute Gasteiger partial charge is 0.280 e. The molecule has 12 heteroatoms. The zero-order chi connectivity index (χ0) is 22.8. The zero-order valence-corrected chi connectivity index (χ0v) is 17.6. The first kappa shape index (κ1) is 24.1. The van der Waals surface area contributed by atoms with Gasteiger partial charge in [-0.05, 0) is 37.0 Å². The van der Waals surface area contributed by atoms with Gasteiger partial charge in [0.15, 0.2) is 28.4 Å². The number of halogens is 1. The summed E-state index contributed by atoms with van der Waals surface area (Å²) in [5, 5.41) is 23.5. The molecule has 11 nitrogen and oxygen atoms in total. The van der Waals surface area contributed by atoms with E-state index in [-0.39, 0.29) is 41.6 Å². The third kappa shape index (κ3) is 7.89. The van der Waals surface area contributed by atoms with Gasteiger partial charge in [0.1, 0.15) is 0 Å². The van der Waals surface area contributed by atoms with E-state index in [0.29, 0.717) is 6.54 Å². The van der Waals surface area contributed by atoms with E-state index in [2.05, 4.69) is 25.6 Å². The summed E-state index contributed by atoms with van der Waals surface area (Å²) < 4.78 is 0. The molecular formula is C19H27ClN8O3. The minimum Gasteiger partial charge on any atom is -0.394 e. The molecule has 0 aliphatic carbocycles. The average molecular weight is 451 g/mol. The van der Waals surface area contributed by atoms with Crippen molar-refractivity contribution >= 4 is 40.8 Å². The summed E-state index contributed by atoms with van der Waals surface area (Å²) in [6.07, 6.45) is 1.73. The minimum atomic E-state index is -0.785. The second kappa shape index (κ2) is 11.9. The number of aryl methyl sites for hydroxylation is 1. The number of hydrogen-bond acceptors (Lipinski definition) is 9. The van der Waals surface area contributed by atoms with Crippen molar-refractivity contribution in [3.63, 3.8) is 0 Å². The summed E-state index contributed by atoms with van der Waals surface area (Å²) in [6, 6.07) is 7.83. The molecule has 0 aliphatic heterocycles. The van der Waals surface area contributed by atoms with Crippen molar-refractivity contribution in [3.05, 3.63) is 40.7 Å². The Bertz CT molecular complexity index is 908. The van der Waals surface area contributed by atoms with Gasteiger partial charge >= 0.3 is 0 Å². The van der Waals surface area contributed by atoms with Crippen LogP contribution in [0.15, 0.2) is 29.3 Å². The summed E-state index contributed by atoms with van der Waals surface area (Å²) in [5.41, 5.74) is 18.7. The number of aliphatic hydroxyl groups excluding tert-OH is 2. The van der Waals surface area contributed by atoms with Gasteiger partial charge in [0.25, 0.3) is 5.91 Å². The first-order valence-electron chi connectivity index (χ1n) is 9.61. The van der Waals surface area contributed by atoms with E-state index in [1.54, 1.807) is 0 Å². The fourth-order valence-corrected chi connectivity index (χ4v) is 2.68. The van der Waals surface area contributed by atoms with Gasteiger partial charge in [-0.1, -0.05) is 23.7 Å². The Hall–Kier alpha value is -3.15. The molecule has 0 unspecified atom stereocenters. The Morgan fingerprint density at radius 2 is 1.87 bits per heavy atom. The lowest BCUT2D eigenvalue weighted by Crippen LogP contribution is -2.38. The molecule has 0 fully saturated rings. The average Bonchev–Trinajstić information content (AvgIpc) is 2.75. The van der Waals surface area contributed by atoms with Gasteiger partial charge in [-0.3, -0.25) is 15.1 Å². The molecule has 0 aliphatic rings. The first-order chi connectivity index (χ1) is 14.8. The molecule has 0 bridgehead atoms. The Balaban J connectivity index is 1.73. The summed E-state index contributed by atoms with van der Waals surface area (Å²) in [7, 11) is 0. The Morgan fingerprint density at radius 3 is 2.55 bits per heavy atom. The second-order valence-electron chi connectivity index (χ2n) is 6.73. The van der Waals surface area contributed by atoms with Crippen molar-refractivity contribution in [1.29, 1.82) is 0 Å². The number of nitrogens with two attached hydrogens (primary N) is 3. The molecule has 1 aromatic heterocycles. The van der Waals surface area contributed by atoms with Crippen molar-refractivity contribution in [2.45, 2.75) is 25.4 Å². The van der Waals surface area contributed by atoms with E-state index < -0.39 is 12.0 Å². The number of aliphatic hydroxyl groups is 2. The molecule has 1 heterocycles. The van der Waals surface area contributed by atoms with Crippen LogP contribution in [0.2, 0.25) is 5.15 Å². The number of aromatic nitrogens is 2. The number of aliphatic imine (C=N–C) groups is 1. The molecule has 1 amide bonds. The van der Waals surface area contributed by atoms with Gasteiger partial charge in [-0.15, -0.1) is 0 Å². The molecule has 0 saturated heterocycles. The van der Waals surface area contributed by atoms with E-state index in [9.17, 15) is 9.90 Å². The van der Waals surface area contributed by atoms with E-state index >= 15 is 0 Å². The predicted octanol–water partition coefficient (Wildman–Crippen LogP) is 0.127. The number of carbonyl (C=O) groups excluding carboxylic acids is 1. The number of carbonyl (C=O) groups is 1. The van der Waals surface area contributed by atoms with Crippen LogP contribution in [0.4, 0.5) is 17.3 Å². The normalized spacial score (nSPS) is 12.4. The number of benzene rings is 1. The van der Waals surface area contributed by atoms with Crippen molar-refractivity contribution in [2.75, 3.05) is 36.5 Å². The maximum absolute atomic E-state index is 12.2. The van der Waals surface area contributed by atoms with Crippen LogP contribution in [-0.4, -0.2) is 57.8 Å². The van der Waals surface area contributed by atoms with E-state index in [4.69, 9.17) is 33.9 Å². The summed E-state index contributed by atoms with van der Waals surface area (Å²) in [5.74, 6) is -0.949. The highest BCUT2D eigenvalue weighted by Gasteiger charge is 2.16. The van der Waals surface area contributed by atoms with E-state index in [1.165, 1.54) is 0 Å². The maximum Gasteiger partial charge on any atom is 0.280 e. The molecule has 31 heavy (non-hydrogen) atoms. The molecule has 10 N–H and O–H groups in total. The molecule has 2 aromatic rings. The molecule has 168 valence electrons. The van der Waals surface area contributed by atoms with Crippen LogP contribution in [0.5, 0.6) is 0 Å². The fraction of sp³-hybridized carbons (Fsp3) is 0.368. The van der Waals surface area contributed by atoms with E-state index in [1.807, 2.05) is 24.3 Å². The minimum absolute atomic E-state index is 0.0559. The van der Waals surface area contributed by atoms with Crippen LogP contribution < -0.4 is 27.8 Å². The van der Waals surface area contributed by atoms with Gasteiger partial charge in [-0.2, -0.15) is 0 Å². The maximum atomic E-state index is 12.2. The van der Waals surface area contributed by atoms with Crippen LogP contribution in [0.1, 0.15) is 28.9 Å². The van der Waals surface area contributed by atoms with Gasteiger partial charge < -0.3 is 32.7 Å². The second-order valence-corrected chi connectivity index (χ2v) is 7.08. The summed E-state index contributed by atoms with van der Waals surface area (Å²) in [6.45, 7) is 0.449. The topological polar surface area (TPSA) is 198 Å². The van der Waals surface area contributed by atoms with Crippen LogP contribution in [0.25, 0.3) is 0 Å². The lowest BCUT2D eigenvalue weighted by Gasteiger charge is -2.10. The van der Waals surface area contributed by atoms with Crippen LogP contribution in [0, 0.1) is 0 Å². The number of amides is 1. The first-order valence-corrected chi connectivity index (χ1v) is 9.99. The fourth-order valence-electron chi connectivity index (χ4n) is 2.55. The highest BCUT2D eigenvalue weighted by molar-refractivity contribution is 6.31. The molecule has 0 spiro atoms. The van der Waals surface area contributed by atoms with Gasteiger partial charge in [0.05, 0.1) is 12.7 Å². The Labute approximate surface area is 184 Å². The molecule has 0 saturated carbocycles. The Kier molecular flexibility index (Phi) is 9.25. The van der Waals surface area contributed by atoms with Gasteiger partial charge in [0, 0.05) is 18.8 Å². The zero-order valence-electron chi connectivity index (χ0n) is 16.9. The summed E-state index contributed by atoms with van der Waals surface area (Å²) in [4.78, 5) is 23.8. The molecule has 1 atom stereocenters. The monoisotopic (exact) mass is 450 g/mol. The van der Waals surface area contributed by atoms with Crippen molar-refractivity contribution in [2.24, 2.45) is 10.7 Å². The number of unbranched alkanes of at least 4 members (excludes halogenated alkanes) is 1. The standard InChI is InChI=1S/C19H27ClN8O3/c20-15-17(22)27-16(21)14(26-15)18(31)28-19(23)24-8-2-1-3-11-4-6-12(7-5-11)25-9-13(30)10-29/h4-7,13,25,29-30H,1-3,8-10H2,(H4,21,22,27)(H3,23,24,28,31)/t13-/m0/s1. The third-order valence-electron chi connectivity index (χ3n) is 4.22. The largest absolute Gasteiger partial charge is 0.394 e. The SMILES string of the molecule is NC(=NCCCCc1ccc(NC[C@H](O)CO)cc1)NC(=O)c1nc(Cl)c(N)nc1N. The number of nitrogens with zero attached hydrogens (tertiary/aromatic N) is 3. The molecule has 2 rings (SSSR count). The lowest BCUT2D eigenvalue weighted by atomic mass is 10.1. The number of guanidine groups is 1. The molecular weight excluding hydrogens is 424 g/mol. The number of rotatable bonds is 10. The predicted molar refractivity (Wildman–Crippen MR) is 121 cm³/mol. The van der Waals surface area contributed by atoms with Gasteiger partial charge in [0.2, 0.25) is 0 Å². The third-order valence-corrected chi connectivity index (χ3v) is 4.50. The number of nitrogen functional groups attached to an aromatic ring is 2. The van der Waals surface area contributed by atoms with Crippen LogP contribution in [-0.2, 0) is 6.42 Å². The van der Waals surface area contributed by atoms with Crippen molar-refractivity contribution in [1.82, 2.24) is 15.3 Å². The number of nitrogens with one attached hydrogen (secondary N) is 2. The number of anilines is 3. The van der Waals surface area contributed by atoms with Crippen LogP contribution in [0.3, 0.4) is 0 Å². The highest BCUT2D eigenvalue weighted by Crippen LogP contribution is 2.17.